The molecule has 0 saturated heterocycles. The lowest BCUT2D eigenvalue weighted by molar-refractivity contribution is 1.33. The zero-order chi connectivity index (χ0) is 11.8. The molecular formula is C13H10ClN3. The van der Waals surface area contributed by atoms with Gasteiger partial charge in [-0.25, -0.2) is 0 Å². The third kappa shape index (κ3) is 1.65. The van der Waals surface area contributed by atoms with E-state index in [1.54, 1.807) is 6.20 Å². The van der Waals surface area contributed by atoms with E-state index in [1.807, 2.05) is 36.5 Å². The first kappa shape index (κ1) is 10.2. The molecule has 0 aliphatic carbocycles. The molecule has 1 aromatic carbocycles. The van der Waals surface area contributed by atoms with Crippen LogP contribution in [0.15, 0.2) is 42.7 Å². The highest BCUT2D eigenvalue weighted by Gasteiger charge is 2.08. The van der Waals surface area contributed by atoms with Crippen molar-refractivity contribution in [1.29, 1.82) is 0 Å². The van der Waals surface area contributed by atoms with E-state index in [0.29, 0.717) is 10.7 Å². The summed E-state index contributed by atoms with van der Waals surface area (Å²) in [7, 11) is 0. The van der Waals surface area contributed by atoms with Gasteiger partial charge in [0.25, 0.3) is 0 Å². The summed E-state index contributed by atoms with van der Waals surface area (Å²) in [5.74, 6) is 0. The molecule has 2 aromatic heterocycles. The maximum absolute atomic E-state index is 6.11. The molecule has 3 aromatic rings. The minimum Gasteiger partial charge on any atom is -0.397 e. The molecule has 4 heteroatoms. The summed E-state index contributed by atoms with van der Waals surface area (Å²) in [6.07, 6.45) is 3.56. The minimum atomic E-state index is 0.659. The maximum atomic E-state index is 6.11. The number of nitrogens with zero attached hydrogens (tertiary/aromatic N) is 1. The summed E-state index contributed by atoms with van der Waals surface area (Å²) in [6.45, 7) is 0. The number of nitrogens with two attached hydrogens (primary N) is 1. The van der Waals surface area contributed by atoms with Crippen molar-refractivity contribution < 1.29 is 0 Å². The van der Waals surface area contributed by atoms with Crippen molar-refractivity contribution in [3.05, 3.63) is 47.7 Å². The molecule has 3 nitrogen and oxygen atoms in total. The van der Waals surface area contributed by atoms with Gasteiger partial charge in [-0.05, 0) is 18.2 Å². The van der Waals surface area contributed by atoms with Gasteiger partial charge in [0.2, 0.25) is 0 Å². The Morgan fingerprint density at radius 2 is 2.06 bits per heavy atom. The summed E-state index contributed by atoms with van der Waals surface area (Å²) in [5.41, 5.74) is 9.13. The number of rotatable bonds is 1. The van der Waals surface area contributed by atoms with Crippen LogP contribution in [0.1, 0.15) is 0 Å². The third-order valence-electron chi connectivity index (χ3n) is 2.73. The van der Waals surface area contributed by atoms with Crippen molar-refractivity contribution in [3.8, 4) is 11.3 Å². The number of aromatic nitrogens is 2. The van der Waals surface area contributed by atoms with Gasteiger partial charge in [0.15, 0.2) is 0 Å². The van der Waals surface area contributed by atoms with E-state index in [4.69, 9.17) is 17.3 Å². The number of nitrogens with one attached hydrogen (secondary N) is 1. The molecule has 3 rings (SSSR count). The van der Waals surface area contributed by atoms with E-state index in [0.717, 1.165) is 22.2 Å². The lowest BCUT2D eigenvalue weighted by Gasteiger charge is -1.99. The Labute approximate surface area is 103 Å². The first-order chi connectivity index (χ1) is 8.25. The highest BCUT2D eigenvalue weighted by molar-refractivity contribution is 6.35. The molecule has 0 saturated carbocycles. The van der Waals surface area contributed by atoms with Gasteiger partial charge >= 0.3 is 0 Å². The Morgan fingerprint density at radius 3 is 2.82 bits per heavy atom. The lowest BCUT2D eigenvalue weighted by Crippen LogP contribution is -1.87. The summed E-state index contributed by atoms with van der Waals surface area (Å²) < 4.78 is 0. The second-order valence-electron chi connectivity index (χ2n) is 3.84. The molecule has 0 fully saturated rings. The van der Waals surface area contributed by atoms with Crippen LogP contribution < -0.4 is 5.73 Å². The van der Waals surface area contributed by atoms with Crippen molar-refractivity contribution in [1.82, 2.24) is 9.97 Å². The largest absolute Gasteiger partial charge is 0.397 e. The van der Waals surface area contributed by atoms with Crippen LogP contribution in [-0.4, -0.2) is 9.97 Å². The number of hydrogen-bond acceptors (Lipinski definition) is 2. The van der Waals surface area contributed by atoms with Crippen molar-refractivity contribution in [2.24, 2.45) is 0 Å². The maximum Gasteiger partial charge on any atom is 0.0725 e. The number of pyridine rings is 1. The molecule has 0 amide bonds. The second kappa shape index (κ2) is 3.79. The van der Waals surface area contributed by atoms with Gasteiger partial charge in [-0.2, -0.15) is 0 Å². The molecule has 0 spiro atoms. The average Bonchev–Trinajstić information content (AvgIpc) is 2.75. The molecule has 3 N–H and O–H groups in total. The average molecular weight is 244 g/mol. The van der Waals surface area contributed by atoms with E-state index in [1.165, 1.54) is 0 Å². The Balaban J connectivity index is 2.24. The van der Waals surface area contributed by atoms with Crippen LogP contribution in [0, 0.1) is 0 Å². The number of fused-ring (bicyclic) bond motifs is 1. The highest BCUT2D eigenvalue weighted by atomic mass is 35.5. The molecule has 0 atom stereocenters. The van der Waals surface area contributed by atoms with Crippen LogP contribution in [0.5, 0.6) is 0 Å². The molecule has 17 heavy (non-hydrogen) atoms. The number of H-pyrrole nitrogens is 1. The van der Waals surface area contributed by atoms with Gasteiger partial charge in [0, 0.05) is 17.1 Å². The van der Waals surface area contributed by atoms with E-state index in [2.05, 4.69) is 9.97 Å². The fraction of sp³-hybridized carbons (Fsp3) is 0. The third-order valence-corrected chi connectivity index (χ3v) is 3.04. The molecule has 84 valence electrons. The smallest absolute Gasteiger partial charge is 0.0725 e. The van der Waals surface area contributed by atoms with Crippen molar-refractivity contribution >= 4 is 28.2 Å². The summed E-state index contributed by atoms with van der Waals surface area (Å²) in [6, 6.07) is 9.55. The number of anilines is 1. The zero-order valence-corrected chi connectivity index (χ0v) is 9.70. The van der Waals surface area contributed by atoms with E-state index in [-0.39, 0.29) is 0 Å². The summed E-state index contributed by atoms with van der Waals surface area (Å²) in [5, 5.41) is 1.78. The van der Waals surface area contributed by atoms with Gasteiger partial charge in [0.1, 0.15) is 0 Å². The Hall–Kier alpha value is -2.00. The van der Waals surface area contributed by atoms with Gasteiger partial charge in [-0.3, -0.25) is 4.98 Å². The lowest BCUT2D eigenvalue weighted by atomic mass is 10.1. The molecule has 2 heterocycles. The second-order valence-corrected chi connectivity index (χ2v) is 4.25. The van der Waals surface area contributed by atoms with Gasteiger partial charge in [-0.15, -0.1) is 0 Å². The van der Waals surface area contributed by atoms with Gasteiger partial charge in [0.05, 0.1) is 28.1 Å². The van der Waals surface area contributed by atoms with Crippen molar-refractivity contribution in [3.63, 3.8) is 0 Å². The van der Waals surface area contributed by atoms with Crippen LogP contribution >= 0.6 is 11.6 Å². The number of nitrogen functional groups attached to an aromatic ring is 1. The zero-order valence-electron chi connectivity index (χ0n) is 8.94. The number of halogens is 1. The minimum absolute atomic E-state index is 0.659. The van der Waals surface area contributed by atoms with E-state index >= 15 is 0 Å². The van der Waals surface area contributed by atoms with Gasteiger partial charge < -0.3 is 10.7 Å². The molecule has 0 bridgehead atoms. The predicted molar refractivity (Wildman–Crippen MR) is 71.0 cm³/mol. The first-order valence-corrected chi connectivity index (χ1v) is 5.61. The van der Waals surface area contributed by atoms with Crippen LogP contribution in [0.2, 0.25) is 5.02 Å². The Morgan fingerprint density at radius 1 is 1.18 bits per heavy atom. The molecule has 0 aliphatic heterocycles. The standard InChI is InChI=1S/C13H10ClN3/c14-11-3-1-2-9-10(7-17-13(9)11)12-5-4-8(15)6-16-12/h1-7,17H,15H2. The van der Waals surface area contributed by atoms with E-state index in [9.17, 15) is 0 Å². The van der Waals surface area contributed by atoms with Crippen LogP contribution in [-0.2, 0) is 0 Å². The van der Waals surface area contributed by atoms with Crippen LogP contribution in [0.25, 0.3) is 22.2 Å². The molecule has 0 radical (unpaired) electrons. The van der Waals surface area contributed by atoms with Gasteiger partial charge in [-0.1, -0.05) is 23.7 Å². The molecule has 0 unspecified atom stereocenters. The molecular weight excluding hydrogens is 234 g/mol. The highest BCUT2D eigenvalue weighted by Crippen LogP contribution is 2.31. The fourth-order valence-electron chi connectivity index (χ4n) is 1.89. The number of para-hydroxylation sites is 1. The number of hydrogen-bond donors (Lipinski definition) is 2. The SMILES string of the molecule is Nc1ccc(-c2c[nH]c3c(Cl)cccc23)nc1. The summed E-state index contributed by atoms with van der Waals surface area (Å²) >= 11 is 6.11. The Kier molecular flexibility index (Phi) is 2.27. The normalized spacial score (nSPS) is 10.9. The monoisotopic (exact) mass is 243 g/mol. The first-order valence-electron chi connectivity index (χ1n) is 5.23. The van der Waals surface area contributed by atoms with Crippen LogP contribution in [0.4, 0.5) is 5.69 Å². The van der Waals surface area contributed by atoms with E-state index < -0.39 is 0 Å². The fourth-order valence-corrected chi connectivity index (χ4v) is 2.12. The van der Waals surface area contributed by atoms with Crippen molar-refractivity contribution in [2.75, 3.05) is 5.73 Å². The predicted octanol–water partition coefficient (Wildman–Crippen LogP) is 3.47. The Bertz CT molecular complexity index is 671. The van der Waals surface area contributed by atoms with Crippen molar-refractivity contribution in [2.45, 2.75) is 0 Å². The molecule has 0 aliphatic rings. The summed E-state index contributed by atoms with van der Waals surface area (Å²) in [4.78, 5) is 7.48. The number of benzene rings is 1. The quantitative estimate of drug-likeness (QED) is 0.688. The number of aromatic amines is 1. The van der Waals surface area contributed by atoms with Crippen LogP contribution in [0.3, 0.4) is 0 Å². The topological polar surface area (TPSA) is 54.7 Å².